The highest BCUT2D eigenvalue weighted by Crippen LogP contribution is 2.23. The molecule has 1 rings (SSSR count). The normalized spacial score (nSPS) is 29.9. The monoisotopic (exact) mass is 184 g/mol. The van der Waals surface area contributed by atoms with Gasteiger partial charge < -0.3 is 5.32 Å². The van der Waals surface area contributed by atoms with Crippen LogP contribution in [0, 0.1) is 5.92 Å². The molecule has 13 heavy (non-hydrogen) atoms. The van der Waals surface area contributed by atoms with Crippen molar-refractivity contribution in [3.63, 3.8) is 0 Å². The van der Waals surface area contributed by atoms with Gasteiger partial charge in [-0.3, -0.25) is 10.4 Å². The van der Waals surface area contributed by atoms with E-state index in [9.17, 15) is 0 Å². The maximum Gasteiger partial charge on any atom is 0.205 e. The third-order valence-corrected chi connectivity index (χ3v) is 2.64. The molecule has 1 aliphatic carbocycles. The first-order chi connectivity index (χ1) is 6.26. The highest BCUT2D eigenvalue weighted by atomic mass is 15.3. The van der Waals surface area contributed by atoms with Gasteiger partial charge in [-0.2, -0.15) is 0 Å². The van der Waals surface area contributed by atoms with Crippen molar-refractivity contribution in [3.8, 4) is 0 Å². The van der Waals surface area contributed by atoms with Crippen LogP contribution in [-0.4, -0.2) is 19.0 Å². The number of aliphatic imine (C=N–C) groups is 1. The Hall–Kier alpha value is -0.770. The number of rotatable bonds is 1. The van der Waals surface area contributed by atoms with Gasteiger partial charge in [0, 0.05) is 13.1 Å². The van der Waals surface area contributed by atoms with Gasteiger partial charge >= 0.3 is 0 Å². The maximum absolute atomic E-state index is 5.29. The molecule has 0 aromatic carbocycles. The Bertz CT molecular complexity index is 178. The van der Waals surface area contributed by atoms with E-state index >= 15 is 0 Å². The van der Waals surface area contributed by atoms with Crippen LogP contribution in [0.1, 0.15) is 32.6 Å². The van der Waals surface area contributed by atoms with Crippen LogP contribution in [0.4, 0.5) is 0 Å². The Morgan fingerprint density at radius 2 is 2.23 bits per heavy atom. The lowest BCUT2D eigenvalue weighted by molar-refractivity contribution is 0.324. The lowest BCUT2D eigenvalue weighted by Crippen LogP contribution is -2.47. The molecule has 1 fully saturated rings. The van der Waals surface area contributed by atoms with Gasteiger partial charge in [0.1, 0.15) is 0 Å². The summed E-state index contributed by atoms with van der Waals surface area (Å²) >= 11 is 0. The number of hydrogen-bond donors (Lipinski definition) is 3. The first-order valence-corrected chi connectivity index (χ1v) is 4.96. The number of hydrazine groups is 1. The average Bonchev–Trinajstić information content (AvgIpc) is 2.14. The molecule has 0 aromatic heterocycles. The Morgan fingerprint density at radius 3 is 2.77 bits per heavy atom. The van der Waals surface area contributed by atoms with E-state index in [1.54, 1.807) is 7.05 Å². The topological polar surface area (TPSA) is 62.4 Å². The van der Waals surface area contributed by atoms with E-state index in [4.69, 9.17) is 5.84 Å². The molecule has 0 amide bonds. The molecule has 0 heterocycles. The quantitative estimate of drug-likeness (QED) is 0.242. The molecule has 0 aliphatic heterocycles. The Balaban J connectivity index is 2.35. The van der Waals surface area contributed by atoms with Crippen LogP contribution >= 0.6 is 0 Å². The van der Waals surface area contributed by atoms with Crippen LogP contribution in [0.25, 0.3) is 0 Å². The second-order valence-electron chi connectivity index (χ2n) is 3.83. The zero-order valence-electron chi connectivity index (χ0n) is 8.51. The summed E-state index contributed by atoms with van der Waals surface area (Å²) in [6.45, 7) is 2.30. The standard InChI is InChI=1S/C9H20N4/c1-7-4-3-5-8(6-7)12-9(11-2)13-10/h7-8H,3-6,10H2,1-2H3,(H2,11,12,13). The van der Waals surface area contributed by atoms with Crippen molar-refractivity contribution in [2.75, 3.05) is 7.05 Å². The molecular formula is C9H20N4. The summed E-state index contributed by atoms with van der Waals surface area (Å²) in [5.74, 6) is 6.81. The van der Waals surface area contributed by atoms with Gasteiger partial charge in [-0.1, -0.05) is 19.8 Å². The van der Waals surface area contributed by atoms with E-state index in [0.717, 1.165) is 5.92 Å². The molecule has 76 valence electrons. The third kappa shape index (κ3) is 3.22. The second-order valence-corrected chi connectivity index (χ2v) is 3.83. The first-order valence-electron chi connectivity index (χ1n) is 4.96. The molecule has 0 bridgehead atoms. The predicted molar refractivity (Wildman–Crippen MR) is 55.2 cm³/mol. The molecule has 2 atom stereocenters. The lowest BCUT2D eigenvalue weighted by atomic mass is 9.87. The Kier molecular flexibility index (Phi) is 4.02. The smallest absolute Gasteiger partial charge is 0.205 e. The van der Waals surface area contributed by atoms with Gasteiger partial charge in [0.25, 0.3) is 0 Å². The number of hydrogen-bond acceptors (Lipinski definition) is 2. The molecule has 1 saturated carbocycles. The zero-order valence-corrected chi connectivity index (χ0v) is 8.51. The molecule has 0 aromatic rings. The van der Waals surface area contributed by atoms with Crippen LogP contribution < -0.4 is 16.6 Å². The first kappa shape index (κ1) is 10.3. The highest BCUT2D eigenvalue weighted by Gasteiger charge is 2.18. The summed E-state index contributed by atoms with van der Waals surface area (Å²) in [7, 11) is 1.73. The number of nitrogens with two attached hydrogens (primary N) is 1. The van der Waals surface area contributed by atoms with E-state index in [-0.39, 0.29) is 0 Å². The van der Waals surface area contributed by atoms with E-state index in [1.165, 1.54) is 25.7 Å². The van der Waals surface area contributed by atoms with E-state index < -0.39 is 0 Å². The van der Waals surface area contributed by atoms with Crippen LogP contribution in [-0.2, 0) is 0 Å². The van der Waals surface area contributed by atoms with E-state index in [0.29, 0.717) is 12.0 Å². The fraction of sp³-hybridized carbons (Fsp3) is 0.889. The lowest BCUT2D eigenvalue weighted by Gasteiger charge is -2.28. The molecule has 0 spiro atoms. The van der Waals surface area contributed by atoms with Gasteiger partial charge in [-0.15, -0.1) is 0 Å². The largest absolute Gasteiger partial charge is 0.353 e. The van der Waals surface area contributed by atoms with Crippen molar-refractivity contribution < 1.29 is 0 Å². The average molecular weight is 184 g/mol. The van der Waals surface area contributed by atoms with Crippen molar-refractivity contribution in [3.05, 3.63) is 0 Å². The summed E-state index contributed by atoms with van der Waals surface area (Å²) in [6.07, 6.45) is 5.11. The molecule has 4 N–H and O–H groups in total. The van der Waals surface area contributed by atoms with Gasteiger partial charge in [-0.25, -0.2) is 5.84 Å². The van der Waals surface area contributed by atoms with E-state index in [2.05, 4.69) is 22.7 Å². The Morgan fingerprint density at radius 1 is 1.46 bits per heavy atom. The van der Waals surface area contributed by atoms with Gasteiger partial charge in [-0.05, 0) is 18.8 Å². The third-order valence-electron chi connectivity index (χ3n) is 2.64. The minimum absolute atomic E-state index is 0.540. The number of nitrogens with zero attached hydrogens (tertiary/aromatic N) is 1. The summed E-state index contributed by atoms with van der Waals surface area (Å²) in [5, 5.41) is 3.30. The summed E-state index contributed by atoms with van der Waals surface area (Å²) in [5.41, 5.74) is 2.55. The van der Waals surface area contributed by atoms with Crippen molar-refractivity contribution in [1.82, 2.24) is 10.7 Å². The summed E-state index contributed by atoms with van der Waals surface area (Å²) in [4.78, 5) is 4.00. The van der Waals surface area contributed by atoms with Crippen LogP contribution in [0.15, 0.2) is 4.99 Å². The second kappa shape index (κ2) is 5.07. The molecular weight excluding hydrogens is 164 g/mol. The maximum atomic E-state index is 5.29. The van der Waals surface area contributed by atoms with Crippen LogP contribution in [0.5, 0.6) is 0 Å². The molecule has 2 unspecified atom stereocenters. The minimum Gasteiger partial charge on any atom is -0.353 e. The molecule has 0 radical (unpaired) electrons. The Labute approximate surface area is 80.0 Å². The predicted octanol–water partition coefficient (Wildman–Crippen LogP) is 0.604. The molecule has 4 nitrogen and oxygen atoms in total. The van der Waals surface area contributed by atoms with Crippen molar-refractivity contribution in [2.45, 2.75) is 38.6 Å². The van der Waals surface area contributed by atoms with Gasteiger partial charge in [0.05, 0.1) is 0 Å². The SMILES string of the molecule is CN=C(NN)NC1CCCC(C)C1. The van der Waals surface area contributed by atoms with Crippen molar-refractivity contribution in [1.29, 1.82) is 0 Å². The molecule has 1 aliphatic rings. The number of nitrogens with one attached hydrogen (secondary N) is 2. The molecule has 0 saturated heterocycles. The van der Waals surface area contributed by atoms with Crippen LogP contribution in [0.3, 0.4) is 0 Å². The minimum atomic E-state index is 0.540. The fourth-order valence-electron chi connectivity index (χ4n) is 1.93. The van der Waals surface area contributed by atoms with Crippen molar-refractivity contribution in [2.24, 2.45) is 16.8 Å². The summed E-state index contributed by atoms with van der Waals surface area (Å²) in [6, 6.07) is 0.540. The molecule has 4 heteroatoms. The van der Waals surface area contributed by atoms with Crippen LogP contribution in [0.2, 0.25) is 0 Å². The fourth-order valence-corrected chi connectivity index (χ4v) is 1.93. The van der Waals surface area contributed by atoms with Gasteiger partial charge in [0.15, 0.2) is 0 Å². The van der Waals surface area contributed by atoms with Crippen molar-refractivity contribution >= 4 is 5.96 Å². The van der Waals surface area contributed by atoms with Gasteiger partial charge in [0.2, 0.25) is 5.96 Å². The van der Waals surface area contributed by atoms with E-state index in [1.807, 2.05) is 0 Å². The summed E-state index contributed by atoms with van der Waals surface area (Å²) < 4.78 is 0. The zero-order chi connectivity index (χ0) is 9.68. The highest BCUT2D eigenvalue weighted by molar-refractivity contribution is 5.79. The number of guanidine groups is 1.